The van der Waals surface area contributed by atoms with E-state index in [-0.39, 0.29) is 11.0 Å². The van der Waals surface area contributed by atoms with E-state index < -0.39 is 0 Å². The highest BCUT2D eigenvalue weighted by Crippen LogP contribution is 2.33. The van der Waals surface area contributed by atoms with Crippen molar-refractivity contribution >= 4 is 11.0 Å². The van der Waals surface area contributed by atoms with Gasteiger partial charge in [0, 0.05) is 11.5 Å². The molecular formula is C31H26O2. The van der Waals surface area contributed by atoms with E-state index in [2.05, 4.69) is 99.6 Å². The summed E-state index contributed by atoms with van der Waals surface area (Å²) in [5.41, 5.74) is 8.12. The summed E-state index contributed by atoms with van der Waals surface area (Å²) in [5.74, 6) is 0. The van der Waals surface area contributed by atoms with Crippen molar-refractivity contribution in [1.82, 2.24) is 0 Å². The van der Waals surface area contributed by atoms with E-state index in [0.29, 0.717) is 5.58 Å². The van der Waals surface area contributed by atoms with Gasteiger partial charge in [-0.05, 0) is 56.5 Å². The molecular weight excluding hydrogens is 404 g/mol. The summed E-state index contributed by atoms with van der Waals surface area (Å²) in [6.07, 6.45) is 0. The maximum atomic E-state index is 12.2. The fourth-order valence-electron chi connectivity index (χ4n) is 4.20. The third-order valence-corrected chi connectivity index (χ3v) is 6.13. The molecule has 0 bridgehead atoms. The Morgan fingerprint density at radius 3 is 1.64 bits per heavy atom. The van der Waals surface area contributed by atoms with Crippen LogP contribution in [0, 0.1) is 0 Å². The Morgan fingerprint density at radius 2 is 1.09 bits per heavy atom. The minimum Gasteiger partial charge on any atom is -0.423 e. The van der Waals surface area contributed by atoms with Crippen LogP contribution in [0.2, 0.25) is 0 Å². The molecule has 5 rings (SSSR count). The van der Waals surface area contributed by atoms with Crippen LogP contribution in [0.3, 0.4) is 0 Å². The maximum Gasteiger partial charge on any atom is 0.336 e. The standard InChI is InChI=1S/C31H26O2/c1-31(2,3)26-17-18-29-28(19-26)27(20-30(32)33-29)25-15-13-24(14-16-25)23-11-9-22(10-12-23)21-7-5-4-6-8-21/h4-20H,1-3H3. The molecule has 2 heteroatoms. The van der Waals surface area contributed by atoms with Crippen molar-refractivity contribution in [3.63, 3.8) is 0 Å². The van der Waals surface area contributed by atoms with Crippen LogP contribution in [0.15, 0.2) is 112 Å². The SMILES string of the molecule is CC(C)(C)c1ccc2oc(=O)cc(-c3ccc(-c4ccc(-c5ccccc5)cc4)cc3)c2c1. The first-order valence-electron chi connectivity index (χ1n) is 11.2. The van der Waals surface area contributed by atoms with Crippen LogP contribution in [-0.2, 0) is 5.41 Å². The van der Waals surface area contributed by atoms with Crippen LogP contribution >= 0.6 is 0 Å². The van der Waals surface area contributed by atoms with E-state index in [9.17, 15) is 4.79 Å². The van der Waals surface area contributed by atoms with Crippen molar-refractivity contribution in [1.29, 1.82) is 0 Å². The van der Waals surface area contributed by atoms with Crippen LogP contribution in [0.4, 0.5) is 0 Å². The minimum absolute atomic E-state index is 0.0113. The van der Waals surface area contributed by atoms with E-state index in [0.717, 1.165) is 27.6 Å². The summed E-state index contributed by atoms with van der Waals surface area (Å²) in [7, 11) is 0. The predicted octanol–water partition coefficient (Wildman–Crippen LogP) is 8.09. The molecule has 0 saturated carbocycles. The molecule has 0 saturated heterocycles. The van der Waals surface area contributed by atoms with Gasteiger partial charge in [0.1, 0.15) is 5.58 Å². The molecule has 0 amide bonds. The third-order valence-electron chi connectivity index (χ3n) is 6.13. The molecule has 1 aromatic heterocycles. The van der Waals surface area contributed by atoms with Crippen LogP contribution in [0.5, 0.6) is 0 Å². The normalized spacial score (nSPS) is 11.6. The van der Waals surface area contributed by atoms with E-state index in [4.69, 9.17) is 4.42 Å². The highest BCUT2D eigenvalue weighted by Gasteiger charge is 2.16. The largest absolute Gasteiger partial charge is 0.423 e. The van der Waals surface area contributed by atoms with Crippen molar-refractivity contribution in [2.45, 2.75) is 26.2 Å². The fourth-order valence-corrected chi connectivity index (χ4v) is 4.20. The lowest BCUT2D eigenvalue weighted by Crippen LogP contribution is -2.11. The fraction of sp³-hybridized carbons (Fsp3) is 0.129. The molecule has 0 atom stereocenters. The van der Waals surface area contributed by atoms with Crippen molar-refractivity contribution in [2.75, 3.05) is 0 Å². The highest BCUT2D eigenvalue weighted by atomic mass is 16.4. The summed E-state index contributed by atoms with van der Waals surface area (Å²) in [6.45, 7) is 6.56. The van der Waals surface area contributed by atoms with Gasteiger partial charge >= 0.3 is 5.63 Å². The Balaban J connectivity index is 1.51. The van der Waals surface area contributed by atoms with E-state index >= 15 is 0 Å². The third kappa shape index (κ3) is 4.25. The molecule has 33 heavy (non-hydrogen) atoms. The average Bonchev–Trinajstić information content (AvgIpc) is 2.83. The smallest absolute Gasteiger partial charge is 0.336 e. The van der Waals surface area contributed by atoms with Gasteiger partial charge in [-0.2, -0.15) is 0 Å². The number of hydrogen-bond acceptors (Lipinski definition) is 2. The van der Waals surface area contributed by atoms with Gasteiger partial charge in [0.25, 0.3) is 0 Å². The van der Waals surface area contributed by atoms with Crippen molar-refractivity contribution in [2.24, 2.45) is 0 Å². The Hall–Kier alpha value is -3.91. The van der Waals surface area contributed by atoms with Crippen LogP contribution < -0.4 is 5.63 Å². The predicted molar refractivity (Wildman–Crippen MR) is 137 cm³/mol. The van der Waals surface area contributed by atoms with Crippen LogP contribution in [0.1, 0.15) is 26.3 Å². The molecule has 0 radical (unpaired) electrons. The van der Waals surface area contributed by atoms with Crippen molar-refractivity contribution in [3.05, 3.63) is 119 Å². The Labute approximate surface area is 194 Å². The lowest BCUT2D eigenvalue weighted by molar-refractivity contribution is 0.559. The summed E-state index contributed by atoms with van der Waals surface area (Å²) < 4.78 is 5.48. The van der Waals surface area contributed by atoms with Gasteiger partial charge in [-0.3, -0.25) is 0 Å². The molecule has 1 heterocycles. The summed E-state index contributed by atoms with van der Waals surface area (Å²) in [4.78, 5) is 12.2. The van der Waals surface area contributed by atoms with Crippen molar-refractivity contribution < 1.29 is 4.42 Å². The lowest BCUT2D eigenvalue weighted by atomic mass is 9.85. The quantitative estimate of drug-likeness (QED) is 0.271. The van der Waals surface area contributed by atoms with E-state index in [1.54, 1.807) is 6.07 Å². The zero-order valence-electron chi connectivity index (χ0n) is 19.1. The molecule has 4 aromatic carbocycles. The van der Waals surface area contributed by atoms with Gasteiger partial charge in [-0.1, -0.05) is 106 Å². The second kappa shape index (κ2) is 8.22. The summed E-state index contributed by atoms with van der Waals surface area (Å²) in [6, 6.07) is 35.1. The van der Waals surface area contributed by atoms with Gasteiger partial charge < -0.3 is 4.42 Å². The zero-order valence-corrected chi connectivity index (χ0v) is 19.1. The van der Waals surface area contributed by atoms with E-state index in [1.807, 2.05) is 18.2 Å². The number of hydrogen-bond donors (Lipinski definition) is 0. The lowest BCUT2D eigenvalue weighted by Gasteiger charge is -2.19. The van der Waals surface area contributed by atoms with Gasteiger partial charge in [0.05, 0.1) is 0 Å². The molecule has 5 aromatic rings. The molecule has 0 spiro atoms. The van der Waals surface area contributed by atoms with Gasteiger partial charge in [-0.25, -0.2) is 4.79 Å². The first-order chi connectivity index (χ1) is 15.9. The molecule has 0 unspecified atom stereocenters. The molecule has 0 N–H and O–H groups in total. The Morgan fingerprint density at radius 1 is 0.576 bits per heavy atom. The molecule has 0 aliphatic carbocycles. The van der Waals surface area contributed by atoms with E-state index in [1.165, 1.54) is 16.7 Å². The number of rotatable bonds is 3. The molecule has 2 nitrogen and oxygen atoms in total. The highest BCUT2D eigenvalue weighted by molar-refractivity contribution is 5.94. The number of benzene rings is 4. The minimum atomic E-state index is -0.332. The van der Waals surface area contributed by atoms with Crippen molar-refractivity contribution in [3.8, 4) is 33.4 Å². The monoisotopic (exact) mass is 430 g/mol. The van der Waals surface area contributed by atoms with Crippen LogP contribution in [0.25, 0.3) is 44.3 Å². The Bertz CT molecular complexity index is 1470. The second-order valence-electron chi connectivity index (χ2n) is 9.46. The molecule has 162 valence electrons. The zero-order chi connectivity index (χ0) is 23.0. The maximum absolute atomic E-state index is 12.2. The topological polar surface area (TPSA) is 30.2 Å². The first-order valence-corrected chi connectivity index (χ1v) is 11.2. The molecule has 0 aliphatic heterocycles. The second-order valence-corrected chi connectivity index (χ2v) is 9.46. The Kier molecular flexibility index (Phi) is 5.22. The summed E-state index contributed by atoms with van der Waals surface area (Å²) >= 11 is 0. The number of fused-ring (bicyclic) bond motifs is 1. The van der Waals surface area contributed by atoms with Gasteiger partial charge in [0.2, 0.25) is 0 Å². The average molecular weight is 431 g/mol. The van der Waals surface area contributed by atoms with Gasteiger partial charge in [0.15, 0.2) is 0 Å². The van der Waals surface area contributed by atoms with Gasteiger partial charge in [-0.15, -0.1) is 0 Å². The molecule has 0 aliphatic rings. The van der Waals surface area contributed by atoms with Crippen LogP contribution in [-0.4, -0.2) is 0 Å². The summed E-state index contributed by atoms with van der Waals surface area (Å²) in [5, 5.41) is 0.960. The molecule has 0 fully saturated rings. The first kappa shape index (κ1) is 21.0.